The fourth-order valence-corrected chi connectivity index (χ4v) is 5.45. The normalized spacial score (nSPS) is 20.0. The number of anilines is 3. The number of imide groups is 2. The van der Waals surface area contributed by atoms with Gasteiger partial charge in [0.25, 0.3) is 11.8 Å². The molecule has 1 saturated heterocycles. The van der Waals surface area contributed by atoms with Crippen LogP contribution in [0.25, 0.3) is 11.1 Å². The van der Waals surface area contributed by atoms with Crippen LogP contribution in [0.15, 0.2) is 42.6 Å². The average molecular weight is 558 g/mol. The fourth-order valence-electron chi connectivity index (χ4n) is 5.45. The molecule has 208 valence electrons. The second-order valence-electron chi connectivity index (χ2n) is 10.1. The van der Waals surface area contributed by atoms with Crippen LogP contribution in [0.4, 0.5) is 26.2 Å². The van der Waals surface area contributed by atoms with Crippen LogP contribution in [-0.4, -0.2) is 52.7 Å². The number of aryl methyl sites for hydroxylation is 1. The van der Waals surface area contributed by atoms with Crippen molar-refractivity contribution in [3.8, 4) is 11.1 Å². The number of hydrogen-bond acceptors (Lipinski definition) is 8. The number of carbonyl (C=O) groups is 5. The summed E-state index contributed by atoms with van der Waals surface area (Å²) in [7, 11) is 1.55. The van der Waals surface area contributed by atoms with Gasteiger partial charge in [0.1, 0.15) is 18.0 Å². The summed E-state index contributed by atoms with van der Waals surface area (Å²) in [6.45, 7) is 3.44. The molecule has 1 fully saturated rings. The van der Waals surface area contributed by atoms with Gasteiger partial charge in [-0.1, -0.05) is 6.07 Å². The maximum atomic E-state index is 15.1. The zero-order chi connectivity index (χ0) is 29.2. The summed E-state index contributed by atoms with van der Waals surface area (Å²) >= 11 is 0. The smallest absolute Gasteiger partial charge is 0.414 e. The Morgan fingerprint density at radius 3 is 2.56 bits per heavy atom. The molecule has 41 heavy (non-hydrogen) atoms. The number of fused-ring (bicyclic) bond motifs is 2. The molecule has 6 rings (SSSR count). The van der Waals surface area contributed by atoms with Gasteiger partial charge < -0.3 is 10.1 Å². The molecule has 5 amide bonds. The molecule has 2 atom stereocenters. The molecule has 0 spiro atoms. The Labute approximate surface area is 233 Å². The van der Waals surface area contributed by atoms with Gasteiger partial charge >= 0.3 is 6.09 Å². The number of hydrogen-bond donors (Lipinski definition) is 2. The van der Waals surface area contributed by atoms with E-state index in [9.17, 15) is 24.0 Å². The minimum atomic E-state index is -1.12. The highest BCUT2D eigenvalue weighted by Gasteiger charge is 2.45. The number of rotatable bonds is 4. The van der Waals surface area contributed by atoms with Gasteiger partial charge in [0.05, 0.1) is 28.7 Å². The van der Waals surface area contributed by atoms with Crippen molar-refractivity contribution in [2.75, 3.05) is 17.3 Å². The molecular weight excluding hydrogens is 533 g/mol. The molecule has 11 nitrogen and oxygen atoms in total. The molecule has 3 aliphatic rings. The number of pyridine rings is 1. The lowest BCUT2D eigenvalue weighted by molar-refractivity contribution is -0.136. The third kappa shape index (κ3) is 4.19. The predicted octanol–water partition coefficient (Wildman–Crippen LogP) is 3.99. The zero-order valence-corrected chi connectivity index (χ0v) is 22.3. The van der Waals surface area contributed by atoms with Gasteiger partial charge in [0.15, 0.2) is 0 Å². The van der Waals surface area contributed by atoms with Gasteiger partial charge in [0.2, 0.25) is 11.8 Å². The summed E-state index contributed by atoms with van der Waals surface area (Å²) < 4.78 is 20.6. The summed E-state index contributed by atoms with van der Waals surface area (Å²) in [5.41, 5.74) is 3.12. The summed E-state index contributed by atoms with van der Waals surface area (Å²) in [4.78, 5) is 69.7. The van der Waals surface area contributed by atoms with Crippen LogP contribution in [0.5, 0.6) is 0 Å². The van der Waals surface area contributed by atoms with Crippen molar-refractivity contribution in [3.05, 3.63) is 70.8 Å². The Balaban J connectivity index is 1.47. The van der Waals surface area contributed by atoms with E-state index in [1.807, 2.05) is 0 Å². The van der Waals surface area contributed by atoms with E-state index in [0.29, 0.717) is 28.2 Å². The van der Waals surface area contributed by atoms with Crippen LogP contribution in [0, 0.1) is 12.7 Å². The largest absolute Gasteiger partial charge is 0.441 e. The number of carbonyl (C=O) groups excluding carboxylic acids is 5. The molecule has 0 saturated carbocycles. The van der Waals surface area contributed by atoms with Gasteiger partial charge in [-0.25, -0.2) is 9.18 Å². The highest BCUT2D eigenvalue weighted by Crippen LogP contribution is 2.43. The number of cyclic esters (lactones) is 1. The first kappa shape index (κ1) is 26.1. The quantitative estimate of drug-likeness (QED) is 0.460. The molecule has 1 aromatic heterocycles. The lowest BCUT2D eigenvalue weighted by atomic mass is 9.95. The van der Waals surface area contributed by atoms with Crippen LogP contribution in [0.1, 0.15) is 57.8 Å². The maximum absolute atomic E-state index is 15.1. The molecule has 3 aliphatic heterocycles. The van der Waals surface area contributed by atoms with Crippen LogP contribution < -0.4 is 15.5 Å². The van der Waals surface area contributed by atoms with Crippen molar-refractivity contribution in [2.24, 2.45) is 0 Å². The first-order valence-corrected chi connectivity index (χ1v) is 12.9. The number of nitrogens with one attached hydrogen (secondary N) is 2. The molecule has 0 bridgehead atoms. The molecule has 0 radical (unpaired) electrons. The van der Waals surface area contributed by atoms with E-state index in [4.69, 9.17) is 4.74 Å². The molecule has 3 aromatic rings. The summed E-state index contributed by atoms with van der Waals surface area (Å²) in [6.07, 6.45) is -0.0250. The van der Waals surface area contributed by atoms with Crippen LogP contribution in [-0.2, 0) is 14.3 Å². The fraction of sp³-hybridized carbons (Fsp3) is 0.241. The molecule has 4 heterocycles. The maximum Gasteiger partial charge on any atom is 0.414 e. The van der Waals surface area contributed by atoms with E-state index in [1.165, 1.54) is 11.0 Å². The molecule has 2 N–H and O–H groups in total. The number of amides is 5. The monoisotopic (exact) mass is 557 g/mol. The average Bonchev–Trinajstić information content (AvgIpc) is 3.19. The van der Waals surface area contributed by atoms with Crippen molar-refractivity contribution in [2.45, 2.75) is 38.8 Å². The van der Waals surface area contributed by atoms with Crippen molar-refractivity contribution in [1.29, 1.82) is 0 Å². The van der Waals surface area contributed by atoms with E-state index < -0.39 is 47.7 Å². The second-order valence-corrected chi connectivity index (χ2v) is 10.1. The van der Waals surface area contributed by atoms with Crippen LogP contribution in [0.3, 0.4) is 0 Å². The molecule has 12 heteroatoms. The summed E-state index contributed by atoms with van der Waals surface area (Å²) in [5, 5.41) is 5.37. The number of piperidine rings is 1. The first-order chi connectivity index (χ1) is 19.5. The van der Waals surface area contributed by atoms with E-state index >= 15 is 4.39 Å². The van der Waals surface area contributed by atoms with Gasteiger partial charge in [-0.15, -0.1) is 0 Å². The third-order valence-electron chi connectivity index (χ3n) is 7.54. The topological polar surface area (TPSA) is 138 Å². The Kier molecular flexibility index (Phi) is 6.05. The van der Waals surface area contributed by atoms with E-state index in [1.54, 1.807) is 51.2 Å². The standard InChI is InChI=1S/C29H24FN5O6/c1-13-9-17(19(30)12-31-13)18-10-16-14(2)41-29(40)34(3)23(16)11-21(18)32-20-6-4-5-15-25(20)28(39)35(27(15)38)22-7-8-24(36)33-26(22)37/h4-6,9-12,14,22,32H,7-8H2,1-3H3,(H,33,36,37)/t14-,22+/m1/s1. The summed E-state index contributed by atoms with van der Waals surface area (Å²) in [5.74, 6) is -3.11. The second kappa shape index (κ2) is 9.51. The summed E-state index contributed by atoms with van der Waals surface area (Å²) in [6, 6.07) is 8.50. The number of nitrogens with zero attached hydrogens (tertiary/aromatic N) is 3. The number of halogens is 1. The molecular formula is C29H24FN5O6. The lowest BCUT2D eigenvalue weighted by Crippen LogP contribution is -2.54. The first-order valence-electron chi connectivity index (χ1n) is 12.9. The Morgan fingerprint density at radius 1 is 1.02 bits per heavy atom. The van der Waals surface area contributed by atoms with Gasteiger partial charge in [0, 0.05) is 41.5 Å². The number of ether oxygens (including phenoxy) is 1. The van der Waals surface area contributed by atoms with E-state index in [2.05, 4.69) is 15.6 Å². The van der Waals surface area contributed by atoms with Crippen molar-refractivity contribution in [3.63, 3.8) is 0 Å². The number of aromatic nitrogens is 1. The molecule has 0 unspecified atom stereocenters. The molecule has 2 aromatic carbocycles. The van der Waals surface area contributed by atoms with Gasteiger partial charge in [-0.3, -0.25) is 39.3 Å². The molecule has 0 aliphatic carbocycles. The van der Waals surface area contributed by atoms with E-state index in [-0.39, 0.29) is 35.2 Å². The minimum Gasteiger partial charge on any atom is -0.441 e. The minimum absolute atomic E-state index is 0.00130. The lowest BCUT2D eigenvalue weighted by Gasteiger charge is -2.31. The van der Waals surface area contributed by atoms with Gasteiger partial charge in [-0.05, 0) is 50.6 Å². The highest BCUT2D eigenvalue weighted by molar-refractivity contribution is 6.25. The van der Waals surface area contributed by atoms with Crippen molar-refractivity contribution in [1.82, 2.24) is 15.2 Å². The Bertz CT molecular complexity index is 1710. The third-order valence-corrected chi connectivity index (χ3v) is 7.54. The van der Waals surface area contributed by atoms with Crippen LogP contribution in [0.2, 0.25) is 0 Å². The van der Waals surface area contributed by atoms with E-state index in [0.717, 1.165) is 11.1 Å². The predicted molar refractivity (Wildman–Crippen MR) is 144 cm³/mol. The number of benzene rings is 2. The Hall–Kier alpha value is -5.13. The Morgan fingerprint density at radius 2 is 1.80 bits per heavy atom. The van der Waals surface area contributed by atoms with Crippen molar-refractivity contribution < 1.29 is 33.1 Å². The van der Waals surface area contributed by atoms with Crippen LogP contribution >= 0.6 is 0 Å². The highest BCUT2D eigenvalue weighted by atomic mass is 19.1. The van der Waals surface area contributed by atoms with Gasteiger partial charge in [-0.2, -0.15) is 0 Å². The van der Waals surface area contributed by atoms with Crippen molar-refractivity contribution >= 4 is 46.8 Å². The SMILES string of the molecule is Cc1cc(-c2cc3c(cc2Nc2cccc4c2C(=O)N([C@H]2CCC(=O)NC2=O)C4=O)N(C)C(=O)O[C@@H]3C)c(F)cn1. The zero-order valence-electron chi connectivity index (χ0n) is 22.3.